The van der Waals surface area contributed by atoms with Crippen LogP contribution in [0.25, 0.3) is 5.52 Å². The number of benzene rings is 2. The van der Waals surface area contributed by atoms with Crippen molar-refractivity contribution in [3.63, 3.8) is 0 Å². The lowest BCUT2D eigenvalue weighted by molar-refractivity contribution is -0.384. The van der Waals surface area contributed by atoms with Gasteiger partial charge >= 0.3 is 0 Å². The number of nitrogens with one attached hydrogen (secondary N) is 1. The van der Waals surface area contributed by atoms with Crippen LogP contribution in [0.4, 0.5) is 15.8 Å². The Morgan fingerprint density at radius 3 is 2.54 bits per heavy atom. The van der Waals surface area contributed by atoms with Crippen LogP contribution in [0, 0.1) is 22.9 Å². The second-order valence-corrected chi connectivity index (χ2v) is 9.09. The van der Waals surface area contributed by atoms with Crippen LogP contribution in [0.5, 0.6) is 0 Å². The molecule has 0 aliphatic heterocycles. The molecule has 0 fully saturated rings. The molecular weight excluding hydrogens is 477 g/mol. The Hall–Kier alpha value is -4.42. The monoisotopic (exact) mass is 495 g/mol. The number of nitro benzene ring substituents is 1. The third kappa shape index (κ3) is 4.65. The number of rotatable bonds is 7. The summed E-state index contributed by atoms with van der Waals surface area (Å²) in [7, 11) is -4.13. The minimum atomic E-state index is -4.13. The number of pyridine rings is 1. The fourth-order valence-corrected chi connectivity index (χ4v) is 4.17. The number of halogens is 1. The van der Waals surface area contributed by atoms with Gasteiger partial charge in [-0.1, -0.05) is 6.07 Å². The molecule has 3 N–H and O–H groups in total. The normalized spacial score (nSPS) is 11.7. The molecule has 0 unspecified atom stereocenters. The van der Waals surface area contributed by atoms with E-state index in [1.165, 1.54) is 36.5 Å². The number of primary sulfonamides is 1. The smallest absolute Gasteiger partial charge is 0.295 e. The number of ketones is 1. The van der Waals surface area contributed by atoms with Crippen molar-refractivity contribution in [2.45, 2.75) is 11.8 Å². The topological polar surface area (TPSA) is 149 Å². The number of hydrogen-bond acceptors (Lipinski definition) is 7. The Balaban J connectivity index is 1.72. The van der Waals surface area contributed by atoms with Crippen LogP contribution in [0.3, 0.4) is 0 Å². The average Bonchev–Trinajstić information content (AvgIpc) is 3.09. The number of fused-ring (bicyclic) bond motifs is 1. The van der Waals surface area contributed by atoms with Gasteiger partial charge in [0.25, 0.3) is 5.69 Å². The van der Waals surface area contributed by atoms with Gasteiger partial charge in [0.15, 0.2) is 0 Å². The fraction of sp³-hybridized carbons (Fsp3) is 0.0435. The van der Waals surface area contributed by atoms with E-state index in [0.717, 1.165) is 12.1 Å². The summed E-state index contributed by atoms with van der Waals surface area (Å²) in [5.41, 5.74) is 4.46. The van der Waals surface area contributed by atoms with Crippen molar-refractivity contribution < 1.29 is 22.5 Å². The van der Waals surface area contributed by atoms with Crippen LogP contribution in [0.1, 0.15) is 27.2 Å². The van der Waals surface area contributed by atoms with Gasteiger partial charge < -0.3 is 4.40 Å². The molecule has 0 saturated heterocycles. The van der Waals surface area contributed by atoms with Crippen molar-refractivity contribution in [2.75, 3.05) is 5.43 Å². The van der Waals surface area contributed by atoms with Gasteiger partial charge in [0.05, 0.1) is 27.2 Å². The summed E-state index contributed by atoms with van der Waals surface area (Å²) < 4.78 is 38.0. The molecule has 0 atom stereocenters. The van der Waals surface area contributed by atoms with Crippen molar-refractivity contribution in [3.8, 4) is 0 Å². The van der Waals surface area contributed by atoms with E-state index in [4.69, 9.17) is 5.14 Å². The first-order valence-electron chi connectivity index (χ1n) is 10.1. The highest BCUT2D eigenvalue weighted by Crippen LogP contribution is 2.28. The van der Waals surface area contributed by atoms with Crippen molar-refractivity contribution in [1.82, 2.24) is 4.40 Å². The van der Waals surface area contributed by atoms with E-state index < -0.39 is 31.3 Å². The van der Waals surface area contributed by atoms with E-state index in [-0.39, 0.29) is 11.5 Å². The quantitative estimate of drug-likeness (QED) is 0.173. The molecule has 0 bridgehead atoms. The number of carbonyl (C=O) groups excluding carboxylic acids is 1. The summed E-state index contributed by atoms with van der Waals surface area (Å²) in [6, 6.07) is 13.7. The van der Waals surface area contributed by atoms with Crippen molar-refractivity contribution in [1.29, 1.82) is 0 Å². The van der Waals surface area contributed by atoms with Crippen LogP contribution < -0.4 is 10.6 Å². The van der Waals surface area contributed by atoms with Gasteiger partial charge in [-0.3, -0.25) is 20.3 Å². The van der Waals surface area contributed by atoms with E-state index in [0.29, 0.717) is 27.9 Å². The fourth-order valence-electron chi connectivity index (χ4n) is 3.64. The molecule has 10 nitrogen and oxygen atoms in total. The maximum absolute atomic E-state index is 13.3. The van der Waals surface area contributed by atoms with Crippen molar-refractivity contribution >= 4 is 38.9 Å². The zero-order chi connectivity index (χ0) is 25.3. The summed E-state index contributed by atoms with van der Waals surface area (Å²) in [6.45, 7) is 1.73. The molecule has 0 aliphatic carbocycles. The highest BCUT2D eigenvalue weighted by Gasteiger charge is 2.22. The highest BCUT2D eigenvalue weighted by atomic mass is 32.2. The van der Waals surface area contributed by atoms with Gasteiger partial charge in [0.2, 0.25) is 15.8 Å². The Morgan fingerprint density at radius 1 is 1.17 bits per heavy atom. The summed E-state index contributed by atoms with van der Waals surface area (Å²) in [5.74, 6) is -0.770. The highest BCUT2D eigenvalue weighted by molar-refractivity contribution is 7.89. The molecule has 0 aliphatic rings. The predicted molar refractivity (Wildman–Crippen MR) is 128 cm³/mol. The summed E-state index contributed by atoms with van der Waals surface area (Å²) in [4.78, 5) is 23.4. The molecule has 178 valence electrons. The first-order valence-corrected chi connectivity index (χ1v) is 11.6. The summed E-state index contributed by atoms with van der Waals surface area (Å²) in [5, 5.41) is 20.5. The molecule has 4 aromatic rings. The molecule has 2 aromatic heterocycles. The molecule has 35 heavy (non-hydrogen) atoms. The Morgan fingerprint density at radius 2 is 1.89 bits per heavy atom. The molecule has 2 heterocycles. The van der Waals surface area contributed by atoms with E-state index in [1.807, 2.05) is 0 Å². The van der Waals surface area contributed by atoms with Gasteiger partial charge in [-0.05, 0) is 61.0 Å². The number of sulfonamides is 1. The SMILES string of the molecule is Cc1c(/C=N\Nc2ccc(S(N)(=O)=O)cc2[N+](=O)[O-])c2ccccn2c1C(=O)c1ccc(F)cc1. The lowest BCUT2D eigenvalue weighted by atomic mass is 10.0. The minimum Gasteiger partial charge on any atom is -0.313 e. The Labute approximate surface area is 198 Å². The van der Waals surface area contributed by atoms with E-state index >= 15 is 0 Å². The molecule has 2 aromatic carbocycles. The summed E-state index contributed by atoms with van der Waals surface area (Å²) >= 11 is 0. The van der Waals surface area contributed by atoms with E-state index in [2.05, 4.69) is 10.5 Å². The molecule has 0 spiro atoms. The number of hydrogen-bond donors (Lipinski definition) is 2. The zero-order valence-corrected chi connectivity index (χ0v) is 19.0. The first-order chi connectivity index (χ1) is 16.6. The van der Waals surface area contributed by atoms with Crippen LogP contribution >= 0.6 is 0 Å². The van der Waals surface area contributed by atoms with E-state index in [9.17, 15) is 27.7 Å². The number of hydrazone groups is 1. The van der Waals surface area contributed by atoms with Gasteiger partial charge in [0, 0.05) is 23.4 Å². The molecule has 0 radical (unpaired) electrons. The maximum Gasteiger partial charge on any atom is 0.295 e. The Kier molecular flexibility index (Phi) is 6.16. The van der Waals surface area contributed by atoms with E-state index in [1.54, 1.807) is 35.7 Å². The lowest BCUT2D eigenvalue weighted by Crippen LogP contribution is -2.12. The molecule has 0 saturated carbocycles. The predicted octanol–water partition coefficient (Wildman–Crippen LogP) is 3.62. The largest absolute Gasteiger partial charge is 0.313 e. The van der Waals surface area contributed by atoms with Crippen LogP contribution in [-0.4, -0.2) is 29.7 Å². The number of nitro groups is 1. The van der Waals surface area contributed by atoms with Gasteiger partial charge in [0.1, 0.15) is 11.5 Å². The van der Waals surface area contributed by atoms with Crippen LogP contribution in [-0.2, 0) is 10.0 Å². The standard InChI is InChI=1S/C23H18FN5O5S/c1-14-18(13-26-27-19-10-9-17(35(25,33)34)12-21(19)29(31)32)20-4-2-3-11-28(20)22(14)23(30)15-5-7-16(24)8-6-15/h2-13,27H,1H3,(H2,25,33,34)/b26-13-. The minimum absolute atomic E-state index is 0.0533. The van der Waals surface area contributed by atoms with Crippen molar-refractivity contribution in [3.05, 3.63) is 105 Å². The molecule has 0 amide bonds. The number of aromatic nitrogens is 1. The number of nitrogens with two attached hydrogens (primary N) is 1. The third-order valence-corrected chi connectivity index (χ3v) is 6.24. The average molecular weight is 495 g/mol. The molecular formula is C23H18FN5O5S. The lowest BCUT2D eigenvalue weighted by Gasteiger charge is -2.04. The molecule has 4 rings (SSSR count). The third-order valence-electron chi connectivity index (χ3n) is 5.33. The van der Waals surface area contributed by atoms with Crippen LogP contribution in [0.15, 0.2) is 76.9 Å². The molecule has 12 heteroatoms. The maximum atomic E-state index is 13.3. The number of carbonyl (C=O) groups is 1. The second-order valence-electron chi connectivity index (χ2n) is 7.53. The Bertz CT molecular complexity index is 1610. The van der Waals surface area contributed by atoms with Gasteiger partial charge in [-0.15, -0.1) is 0 Å². The number of nitrogens with zero attached hydrogens (tertiary/aromatic N) is 3. The second kappa shape index (κ2) is 9.08. The van der Waals surface area contributed by atoms with Crippen LogP contribution in [0.2, 0.25) is 0 Å². The zero-order valence-electron chi connectivity index (χ0n) is 18.2. The van der Waals surface area contributed by atoms with Gasteiger partial charge in [-0.2, -0.15) is 5.10 Å². The van der Waals surface area contributed by atoms with Crippen molar-refractivity contribution in [2.24, 2.45) is 10.2 Å². The summed E-state index contributed by atoms with van der Waals surface area (Å²) in [6.07, 6.45) is 3.12. The first kappa shape index (κ1) is 23.7. The number of anilines is 1. The van der Waals surface area contributed by atoms with Gasteiger partial charge in [-0.25, -0.2) is 17.9 Å².